The molecule has 162 valence electrons. The zero-order valence-corrected chi connectivity index (χ0v) is 18.5. The number of benzene rings is 1. The van der Waals surface area contributed by atoms with Crippen LogP contribution in [0.15, 0.2) is 48.8 Å². The molecule has 0 spiro atoms. The molecule has 3 heterocycles. The van der Waals surface area contributed by atoms with Crippen LogP contribution in [0, 0.1) is 5.82 Å². The van der Waals surface area contributed by atoms with Gasteiger partial charge in [-0.3, -0.25) is 9.78 Å². The smallest absolute Gasteiger partial charge is 0.280 e. The Balaban J connectivity index is 1.57. The van der Waals surface area contributed by atoms with Crippen molar-refractivity contribution in [3.8, 4) is 10.6 Å². The average Bonchev–Trinajstić information content (AvgIpc) is 3.23. The van der Waals surface area contributed by atoms with Crippen LogP contribution < -0.4 is 10.0 Å². The Labute approximate surface area is 187 Å². The lowest BCUT2D eigenvalue weighted by Crippen LogP contribution is -2.55. The second kappa shape index (κ2) is 8.60. The number of thiazole rings is 1. The van der Waals surface area contributed by atoms with Gasteiger partial charge in [0.1, 0.15) is 16.9 Å². The fraction of sp³-hybridized carbons (Fsp3) is 0.211. The summed E-state index contributed by atoms with van der Waals surface area (Å²) in [5, 5.41) is 2.98. The van der Waals surface area contributed by atoms with Gasteiger partial charge in [0.25, 0.3) is 10.2 Å². The topological polar surface area (TPSA) is 104 Å². The molecule has 0 bridgehead atoms. The first-order valence-corrected chi connectivity index (χ1v) is 11.8. The number of carbonyl (C=O) groups is 1. The molecule has 0 aliphatic carbocycles. The first-order chi connectivity index (χ1) is 14.7. The van der Waals surface area contributed by atoms with E-state index in [1.807, 2.05) is 12.1 Å². The van der Waals surface area contributed by atoms with E-state index in [4.69, 9.17) is 11.6 Å². The molecule has 2 N–H and O–H groups in total. The van der Waals surface area contributed by atoms with Gasteiger partial charge in [-0.2, -0.15) is 17.4 Å². The third-order valence-electron chi connectivity index (χ3n) is 4.80. The first-order valence-electron chi connectivity index (χ1n) is 9.13. The van der Waals surface area contributed by atoms with Gasteiger partial charge >= 0.3 is 0 Å². The molecule has 31 heavy (non-hydrogen) atoms. The fourth-order valence-corrected chi connectivity index (χ4v) is 5.61. The molecule has 1 fully saturated rings. The highest BCUT2D eigenvalue weighted by Crippen LogP contribution is 2.34. The van der Waals surface area contributed by atoms with E-state index >= 15 is 0 Å². The molecule has 4 rings (SSSR count). The van der Waals surface area contributed by atoms with Gasteiger partial charge in [-0.15, -0.1) is 11.3 Å². The fourth-order valence-electron chi connectivity index (χ4n) is 3.15. The van der Waals surface area contributed by atoms with Gasteiger partial charge in [0.05, 0.1) is 21.6 Å². The van der Waals surface area contributed by atoms with E-state index in [0.29, 0.717) is 5.01 Å². The summed E-state index contributed by atoms with van der Waals surface area (Å²) in [5.74, 6) is -1.17. The zero-order chi connectivity index (χ0) is 22.2. The maximum absolute atomic E-state index is 13.4. The molecule has 2 atom stereocenters. The molecule has 1 aliphatic rings. The van der Waals surface area contributed by atoms with Crippen molar-refractivity contribution < 1.29 is 17.6 Å². The quantitative estimate of drug-likeness (QED) is 0.595. The van der Waals surface area contributed by atoms with Crippen LogP contribution in [0.1, 0.15) is 17.5 Å². The highest BCUT2D eigenvalue weighted by molar-refractivity contribution is 7.87. The van der Waals surface area contributed by atoms with E-state index < -0.39 is 34.0 Å². The Morgan fingerprint density at radius 1 is 1.32 bits per heavy atom. The van der Waals surface area contributed by atoms with Crippen molar-refractivity contribution in [1.29, 1.82) is 0 Å². The summed E-state index contributed by atoms with van der Waals surface area (Å²) in [6.45, 7) is 0. The van der Waals surface area contributed by atoms with Gasteiger partial charge < -0.3 is 5.32 Å². The van der Waals surface area contributed by atoms with Crippen molar-refractivity contribution in [3.63, 3.8) is 0 Å². The average molecular weight is 482 g/mol. The summed E-state index contributed by atoms with van der Waals surface area (Å²) >= 11 is 7.06. The molecule has 12 heteroatoms. The van der Waals surface area contributed by atoms with Crippen LogP contribution in [0.5, 0.6) is 0 Å². The van der Waals surface area contributed by atoms with Crippen LogP contribution in [-0.2, 0) is 15.0 Å². The van der Waals surface area contributed by atoms with Crippen LogP contribution in [0.25, 0.3) is 10.6 Å². The summed E-state index contributed by atoms with van der Waals surface area (Å²) in [5.41, 5.74) is 0.994. The van der Waals surface area contributed by atoms with E-state index in [0.717, 1.165) is 20.9 Å². The van der Waals surface area contributed by atoms with Gasteiger partial charge in [-0.25, -0.2) is 9.37 Å². The second-order valence-electron chi connectivity index (χ2n) is 6.84. The molecule has 1 amide bonds. The molecule has 3 aromatic rings. The maximum atomic E-state index is 13.4. The minimum Gasteiger partial charge on any atom is -0.325 e. The van der Waals surface area contributed by atoms with Gasteiger partial charge in [-0.1, -0.05) is 17.7 Å². The van der Waals surface area contributed by atoms with E-state index in [2.05, 4.69) is 20.0 Å². The number of hydrogen-bond acceptors (Lipinski definition) is 6. The second-order valence-corrected chi connectivity index (χ2v) is 10.1. The Morgan fingerprint density at radius 3 is 2.84 bits per heavy atom. The maximum Gasteiger partial charge on any atom is 0.280 e. The lowest BCUT2D eigenvalue weighted by molar-refractivity contribution is -0.120. The highest BCUT2D eigenvalue weighted by atomic mass is 35.5. The summed E-state index contributed by atoms with van der Waals surface area (Å²) in [6.07, 6.45) is 3.45. The van der Waals surface area contributed by atoms with E-state index in [1.54, 1.807) is 18.5 Å². The largest absolute Gasteiger partial charge is 0.325 e. The van der Waals surface area contributed by atoms with Crippen LogP contribution in [0.3, 0.4) is 0 Å². The Hall–Kier alpha value is -2.44. The Morgan fingerprint density at radius 2 is 2.13 bits per heavy atom. The van der Waals surface area contributed by atoms with Gasteiger partial charge in [-0.05, 0) is 36.8 Å². The molecule has 1 aromatic carbocycles. The number of halogens is 2. The third kappa shape index (κ3) is 4.60. The SMILES string of the molecule is CN1[C@H](C(=O)Nc2ccc(F)c(Cl)c2)C[C@H](c2ncc(-c3ccccn3)s2)NS1(=O)=O. The van der Waals surface area contributed by atoms with Crippen molar-refractivity contribution in [2.45, 2.75) is 18.5 Å². The third-order valence-corrected chi connectivity index (χ3v) is 7.82. The molecule has 1 saturated heterocycles. The summed E-state index contributed by atoms with van der Waals surface area (Å²) < 4.78 is 42.2. The molecule has 0 radical (unpaired) electrons. The minimum atomic E-state index is -3.93. The van der Waals surface area contributed by atoms with Crippen LogP contribution >= 0.6 is 22.9 Å². The molecule has 2 aromatic heterocycles. The number of hydrogen-bond donors (Lipinski definition) is 2. The van der Waals surface area contributed by atoms with Crippen molar-refractivity contribution >= 4 is 44.7 Å². The number of carbonyl (C=O) groups excluding carboxylic acids is 1. The number of nitrogens with one attached hydrogen (secondary N) is 2. The molecule has 1 aliphatic heterocycles. The normalized spacial score (nSPS) is 21.0. The van der Waals surface area contributed by atoms with Crippen molar-refractivity contribution in [2.24, 2.45) is 0 Å². The summed E-state index contributed by atoms with van der Waals surface area (Å²) in [7, 11) is -2.61. The van der Waals surface area contributed by atoms with Crippen LogP contribution in [0.4, 0.5) is 10.1 Å². The van der Waals surface area contributed by atoms with Gasteiger partial charge in [0.15, 0.2) is 0 Å². The summed E-state index contributed by atoms with van der Waals surface area (Å²) in [6, 6.07) is 7.54. The Kier molecular flexibility index (Phi) is 6.04. The minimum absolute atomic E-state index is 0.146. The lowest BCUT2D eigenvalue weighted by atomic mass is 10.1. The highest BCUT2D eigenvalue weighted by Gasteiger charge is 2.41. The van der Waals surface area contributed by atoms with E-state index in [-0.39, 0.29) is 17.1 Å². The standard InChI is InChI=1S/C19H17ClFN5O3S2/c1-26-16(18(27)24-11-5-6-13(21)12(20)8-11)9-15(25-31(26,28)29)19-23-10-17(30-19)14-4-2-3-7-22-14/h2-8,10,15-16,25H,9H2,1H3,(H,24,27)/t15-,16+/m1/s1. The first kappa shape index (κ1) is 21.8. The molecular formula is C19H17ClFN5O3S2. The molecular weight excluding hydrogens is 465 g/mol. The number of pyridine rings is 1. The van der Waals surface area contributed by atoms with E-state index in [1.165, 1.54) is 30.5 Å². The van der Waals surface area contributed by atoms with Gasteiger partial charge in [0, 0.05) is 25.1 Å². The number of rotatable bonds is 4. The van der Waals surface area contributed by atoms with Crippen LogP contribution in [0.2, 0.25) is 5.02 Å². The number of nitrogens with zero attached hydrogens (tertiary/aromatic N) is 3. The van der Waals surface area contributed by atoms with Crippen molar-refractivity contribution in [2.75, 3.05) is 12.4 Å². The summed E-state index contributed by atoms with van der Waals surface area (Å²) in [4.78, 5) is 22.3. The molecule has 0 saturated carbocycles. The van der Waals surface area contributed by atoms with Crippen molar-refractivity contribution in [3.05, 3.63) is 64.6 Å². The van der Waals surface area contributed by atoms with Crippen LogP contribution in [-0.4, -0.2) is 41.7 Å². The Bertz CT molecular complexity index is 1220. The van der Waals surface area contributed by atoms with Crippen molar-refractivity contribution in [1.82, 2.24) is 19.0 Å². The lowest BCUT2D eigenvalue weighted by Gasteiger charge is -2.35. The number of amides is 1. The van der Waals surface area contributed by atoms with E-state index in [9.17, 15) is 17.6 Å². The molecule has 0 unspecified atom stereocenters. The predicted octanol–water partition coefficient (Wildman–Crippen LogP) is 3.22. The molecule has 8 nitrogen and oxygen atoms in total. The zero-order valence-electron chi connectivity index (χ0n) is 16.1. The monoisotopic (exact) mass is 481 g/mol. The number of likely N-dealkylation sites (N-methyl/N-ethyl adjacent to an activating group) is 1. The van der Waals surface area contributed by atoms with Gasteiger partial charge in [0.2, 0.25) is 5.91 Å². The number of anilines is 1. The number of aromatic nitrogens is 2. The predicted molar refractivity (Wildman–Crippen MR) is 116 cm³/mol.